The van der Waals surface area contributed by atoms with Gasteiger partial charge in [0, 0.05) is 0 Å². The summed E-state index contributed by atoms with van der Waals surface area (Å²) in [6, 6.07) is 20.3. The molecule has 0 aliphatic carbocycles. The van der Waals surface area contributed by atoms with Crippen LogP contribution in [0.15, 0.2) is 66.7 Å². The molecule has 0 aliphatic rings. The zero-order valence-electron chi connectivity index (χ0n) is 8.26. The first-order valence-corrected chi connectivity index (χ1v) is 4.11. The molecule has 0 bridgehead atoms. The van der Waals surface area contributed by atoms with Crippen molar-refractivity contribution >= 4 is 0 Å². The Bertz CT molecular complexity index is 281. The number of hydrogen-bond donors (Lipinski definition) is 0. The van der Waals surface area contributed by atoms with E-state index in [-0.39, 0.29) is 35.3 Å². The van der Waals surface area contributed by atoms with Gasteiger partial charge in [0.2, 0.25) is 0 Å². The molecule has 0 amide bonds. The predicted molar refractivity (Wildman–Crippen MR) is 52.3 cm³/mol. The second-order valence-electron chi connectivity index (χ2n) is 2.47. The maximum atomic E-state index is 10.3. The SMILES string of the molecule is [Na+].[O-]c1ccccc1.c1ccccc1. The second-order valence-corrected chi connectivity index (χ2v) is 2.47. The molecule has 0 saturated carbocycles. The molecule has 0 saturated heterocycles. The van der Waals surface area contributed by atoms with E-state index in [0.717, 1.165) is 0 Å². The van der Waals surface area contributed by atoms with Crippen LogP contribution in [0.4, 0.5) is 0 Å². The Kier molecular flexibility index (Phi) is 8.34. The monoisotopic (exact) mass is 194 g/mol. The van der Waals surface area contributed by atoms with Gasteiger partial charge in [-0.2, -0.15) is 0 Å². The molecule has 0 atom stereocenters. The number of benzene rings is 2. The minimum atomic E-state index is 0. The van der Waals surface area contributed by atoms with Crippen molar-refractivity contribution in [2.45, 2.75) is 0 Å². The van der Waals surface area contributed by atoms with Gasteiger partial charge in [0.25, 0.3) is 0 Å². The van der Waals surface area contributed by atoms with E-state index in [1.165, 1.54) is 12.1 Å². The van der Waals surface area contributed by atoms with Crippen molar-refractivity contribution in [3.63, 3.8) is 0 Å². The minimum Gasteiger partial charge on any atom is -0.872 e. The van der Waals surface area contributed by atoms with Crippen LogP contribution >= 0.6 is 0 Å². The first-order chi connectivity index (χ1) is 6.39. The summed E-state index contributed by atoms with van der Waals surface area (Å²) in [6.45, 7) is 0. The zero-order chi connectivity index (χ0) is 9.36. The summed E-state index contributed by atoms with van der Waals surface area (Å²) in [7, 11) is 0. The molecule has 2 rings (SSSR count). The molecule has 0 fully saturated rings. The van der Waals surface area contributed by atoms with Crippen molar-refractivity contribution in [2.75, 3.05) is 0 Å². The molecule has 2 aromatic carbocycles. The normalized spacial score (nSPS) is 7.71. The average molecular weight is 194 g/mol. The molecule has 0 heterocycles. The van der Waals surface area contributed by atoms with Gasteiger partial charge in [0.05, 0.1) is 0 Å². The molecular formula is C12H11NaO. The molecule has 0 aromatic heterocycles. The Morgan fingerprint density at radius 2 is 0.857 bits per heavy atom. The Morgan fingerprint density at radius 1 is 0.571 bits per heavy atom. The van der Waals surface area contributed by atoms with Gasteiger partial charge in [-0.1, -0.05) is 66.7 Å². The number of hydrogen-bond acceptors (Lipinski definition) is 1. The van der Waals surface area contributed by atoms with Gasteiger partial charge in [-0.05, 0) is 0 Å². The van der Waals surface area contributed by atoms with Crippen LogP contribution in [-0.2, 0) is 0 Å². The van der Waals surface area contributed by atoms with Gasteiger partial charge in [-0.3, -0.25) is 0 Å². The Morgan fingerprint density at radius 3 is 1.07 bits per heavy atom. The van der Waals surface area contributed by atoms with Crippen molar-refractivity contribution in [2.24, 2.45) is 0 Å². The summed E-state index contributed by atoms with van der Waals surface area (Å²) < 4.78 is 0. The first-order valence-electron chi connectivity index (χ1n) is 4.11. The molecule has 0 N–H and O–H groups in total. The van der Waals surface area contributed by atoms with Gasteiger partial charge < -0.3 is 5.11 Å². The second kappa shape index (κ2) is 8.82. The summed E-state index contributed by atoms with van der Waals surface area (Å²) >= 11 is 0. The van der Waals surface area contributed by atoms with Crippen LogP contribution in [0.25, 0.3) is 0 Å². The van der Waals surface area contributed by atoms with Crippen LogP contribution in [0.3, 0.4) is 0 Å². The molecule has 2 aromatic rings. The molecular weight excluding hydrogens is 183 g/mol. The number of para-hydroxylation sites is 1. The maximum Gasteiger partial charge on any atom is 1.00 e. The third kappa shape index (κ3) is 6.72. The fourth-order valence-corrected chi connectivity index (χ4v) is 0.805. The summed E-state index contributed by atoms with van der Waals surface area (Å²) in [5, 5.41) is 10.3. The van der Waals surface area contributed by atoms with E-state index < -0.39 is 0 Å². The Balaban J connectivity index is 0.000000227. The first kappa shape index (κ1) is 13.2. The van der Waals surface area contributed by atoms with Crippen molar-refractivity contribution in [3.8, 4) is 5.75 Å². The molecule has 1 nitrogen and oxygen atoms in total. The largest absolute Gasteiger partial charge is 1.00 e. The van der Waals surface area contributed by atoms with E-state index >= 15 is 0 Å². The molecule has 0 aliphatic heterocycles. The van der Waals surface area contributed by atoms with Crippen LogP contribution < -0.4 is 34.7 Å². The third-order valence-electron chi connectivity index (χ3n) is 1.41. The van der Waals surface area contributed by atoms with E-state index in [4.69, 9.17) is 0 Å². The molecule has 0 unspecified atom stereocenters. The topological polar surface area (TPSA) is 23.1 Å². The average Bonchev–Trinajstić information content (AvgIpc) is 2.22. The van der Waals surface area contributed by atoms with Gasteiger partial charge in [-0.15, -0.1) is 5.75 Å². The van der Waals surface area contributed by atoms with Crippen molar-refractivity contribution in [1.29, 1.82) is 0 Å². The van der Waals surface area contributed by atoms with E-state index in [0.29, 0.717) is 0 Å². The van der Waals surface area contributed by atoms with Crippen LogP contribution in [-0.4, -0.2) is 0 Å². The van der Waals surface area contributed by atoms with E-state index in [9.17, 15) is 5.11 Å². The quantitative estimate of drug-likeness (QED) is 0.516. The van der Waals surface area contributed by atoms with E-state index in [1.807, 2.05) is 42.5 Å². The fraction of sp³-hybridized carbons (Fsp3) is 0. The molecule has 2 heteroatoms. The molecule has 0 radical (unpaired) electrons. The third-order valence-corrected chi connectivity index (χ3v) is 1.41. The fourth-order valence-electron chi connectivity index (χ4n) is 0.805. The standard InChI is InChI=1S/C6H6O.C6H6.Na/c7-6-4-2-1-3-5-6;1-2-4-6-5-3-1;/h1-5,7H;1-6H;/q;;+1/p-1. The van der Waals surface area contributed by atoms with Gasteiger partial charge in [-0.25, -0.2) is 0 Å². The molecule has 66 valence electrons. The van der Waals surface area contributed by atoms with Crippen LogP contribution in [0.5, 0.6) is 5.75 Å². The van der Waals surface area contributed by atoms with Crippen molar-refractivity contribution < 1.29 is 34.7 Å². The van der Waals surface area contributed by atoms with Crippen LogP contribution in [0.2, 0.25) is 0 Å². The summed E-state index contributed by atoms with van der Waals surface area (Å²) in [5.41, 5.74) is 0. The summed E-state index contributed by atoms with van der Waals surface area (Å²) in [6.07, 6.45) is 0. The smallest absolute Gasteiger partial charge is 0.872 e. The summed E-state index contributed by atoms with van der Waals surface area (Å²) in [4.78, 5) is 0. The minimum absolute atomic E-state index is 0. The molecule has 0 spiro atoms. The van der Waals surface area contributed by atoms with Crippen LogP contribution in [0.1, 0.15) is 0 Å². The Hall–Kier alpha value is -0.760. The van der Waals surface area contributed by atoms with E-state index in [2.05, 4.69) is 0 Å². The van der Waals surface area contributed by atoms with Gasteiger partial charge in [0.1, 0.15) is 0 Å². The Labute approximate surface area is 107 Å². The predicted octanol–water partition coefficient (Wildman–Crippen LogP) is -0.549. The summed E-state index contributed by atoms with van der Waals surface area (Å²) in [5.74, 6) is 0.0718. The van der Waals surface area contributed by atoms with Crippen LogP contribution in [0, 0.1) is 0 Å². The van der Waals surface area contributed by atoms with Crippen molar-refractivity contribution in [3.05, 3.63) is 66.7 Å². The van der Waals surface area contributed by atoms with Gasteiger partial charge >= 0.3 is 29.6 Å². The van der Waals surface area contributed by atoms with E-state index in [1.54, 1.807) is 12.1 Å². The number of rotatable bonds is 0. The zero-order valence-corrected chi connectivity index (χ0v) is 10.3. The van der Waals surface area contributed by atoms with Gasteiger partial charge in [0.15, 0.2) is 0 Å². The maximum absolute atomic E-state index is 10.3. The van der Waals surface area contributed by atoms with Crippen molar-refractivity contribution in [1.82, 2.24) is 0 Å². The molecule has 14 heavy (non-hydrogen) atoms.